The Balaban J connectivity index is 1.76. The summed E-state index contributed by atoms with van der Waals surface area (Å²) in [6, 6.07) is 0.653. The second kappa shape index (κ2) is 5.94. The monoisotopic (exact) mass is 257 g/mol. The van der Waals surface area contributed by atoms with E-state index in [2.05, 4.69) is 30.9 Å². The minimum Gasteiger partial charge on any atom is -0.393 e. The van der Waals surface area contributed by atoms with Crippen molar-refractivity contribution in [3.8, 4) is 0 Å². The van der Waals surface area contributed by atoms with Crippen molar-refractivity contribution in [2.75, 3.05) is 18.1 Å². The van der Waals surface area contributed by atoms with Gasteiger partial charge in [-0.05, 0) is 49.3 Å². The Morgan fingerprint density at radius 2 is 2.18 bits per heavy atom. The first-order valence-corrected chi connectivity index (χ1v) is 8.22. The van der Waals surface area contributed by atoms with Crippen LogP contribution in [0.15, 0.2) is 0 Å². The average molecular weight is 257 g/mol. The van der Waals surface area contributed by atoms with Crippen molar-refractivity contribution in [2.24, 2.45) is 11.3 Å². The molecule has 0 aromatic heterocycles. The number of aliphatic hydroxyl groups excluding tert-OH is 1. The largest absolute Gasteiger partial charge is 0.393 e. The van der Waals surface area contributed by atoms with Gasteiger partial charge in [0.1, 0.15) is 0 Å². The van der Waals surface area contributed by atoms with Gasteiger partial charge in [0.15, 0.2) is 0 Å². The van der Waals surface area contributed by atoms with Crippen LogP contribution in [0.3, 0.4) is 0 Å². The minimum atomic E-state index is -0.0377. The molecule has 1 saturated carbocycles. The molecule has 17 heavy (non-hydrogen) atoms. The van der Waals surface area contributed by atoms with E-state index in [9.17, 15) is 5.11 Å². The molecule has 0 aromatic rings. The molecule has 0 aromatic carbocycles. The predicted molar refractivity (Wildman–Crippen MR) is 75.5 cm³/mol. The van der Waals surface area contributed by atoms with Crippen molar-refractivity contribution < 1.29 is 5.11 Å². The summed E-state index contributed by atoms with van der Waals surface area (Å²) < 4.78 is 0. The van der Waals surface area contributed by atoms with Crippen molar-refractivity contribution in [1.82, 2.24) is 5.32 Å². The molecule has 1 aliphatic carbocycles. The number of hydrogen-bond acceptors (Lipinski definition) is 3. The first-order valence-electron chi connectivity index (χ1n) is 7.07. The lowest BCUT2D eigenvalue weighted by atomic mass is 9.81. The van der Waals surface area contributed by atoms with Gasteiger partial charge in [-0.2, -0.15) is 11.8 Å². The van der Waals surface area contributed by atoms with Gasteiger partial charge in [0, 0.05) is 11.8 Å². The third-order valence-corrected chi connectivity index (χ3v) is 5.59. The fourth-order valence-electron chi connectivity index (χ4n) is 3.03. The van der Waals surface area contributed by atoms with Crippen LogP contribution >= 0.6 is 11.8 Å². The summed E-state index contributed by atoms with van der Waals surface area (Å²) in [5, 5.41) is 13.5. The Bertz CT molecular complexity index is 244. The number of rotatable bonds is 3. The molecule has 0 radical (unpaired) electrons. The standard InChI is InChI=1S/C14H27NOS/c1-14(2)6-7-17-10-13(14)15-9-11-4-3-5-12(16)8-11/h11-13,15-16H,3-10H2,1-2H3. The van der Waals surface area contributed by atoms with Gasteiger partial charge < -0.3 is 10.4 Å². The van der Waals surface area contributed by atoms with Gasteiger partial charge >= 0.3 is 0 Å². The summed E-state index contributed by atoms with van der Waals surface area (Å²) in [7, 11) is 0. The van der Waals surface area contributed by atoms with Gasteiger partial charge in [0.2, 0.25) is 0 Å². The maximum atomic E-state index is 9.69. The molecule has 3 atom stereocenters. The third-order valence-electron chi connectivity index (χ3n) is 4.53. The Hall–Kier alpha value is 0.270. The molecule has 2 aliphatic rings. The van der Waals surface area contributed by atoms with Gasteiger partial charge in [-0.25, -0.2) is 0 Å². The van der Waals surface area contributed by atoms with E-state index >= 15 is 0 Å². The lowest BCUT2D eigenvalue weighted by Crippen LogP contribution is -2.48. The zero-order valence-electron chi connectivity index (χ0n) is 11.2. The maximum Gasteiger partial charge on any atom is 0.0543 e. The summed E-state index contributed by atoms with van der Waals surface area (Å²) in [5.41, 5.74) is 0.443. The molecule has 2 N–H and O–H groups in total. The van der Waals surface area contributed by atoms with Crippen LogP contribution in [0.1, 0.15) is 46.0 Å². The van der Waals surface area contributed by atoms with Crippen LogP contribution < -0.4 is 5.32 Å². The van der Waals surface area contributed by atoms with Gasteiger partial charge in [-0.3, -0.25) is 0 Å². The second-order valence-electron chi connectivity index (χ2n) is 6.46. The van der Waals surface area contributed by atoms with Crippen molar-refractivity contribution >= 4 is 11.8 Å². The molecular formula is C14H27NOS. The summed E-state index contributed by atoms with van der Waals surface area (Å²) in [4.78, 5) is 0. The smallest absolute Gasteiger partial charge is 0.0543 e. The second-order valence-corrected chi connectivity index (χ2v) is 7.61. The topological polar surface area (TPSA) is 32.3 Å². The first kappa shape index (κ1) is 13.7. The Morgan fingerprint density at radius 3 is 2.88 bits per heavy atom. The molecule has 2 fully saturated rings. The lowest BCUT2D eigenvalue weighted by Gasteiger charge is -2.40. The van der Waals surface area contributed by atoms with Crippen LogP contribution in [0.5, 0.6) is 0 Å². The highest BCUT2D eigenvalue weighted by Gasteiger charge is 2.32. The maximum absolute atomic E-state index is 9.69. The van der Waals surface area contributed by atoms with E-state index in [0.29, 0.717) is 17.4 Å². The fraction of sp³-hybridized carbons (Fsp3) is 1.00. The van der Waals surface area contributed by atoms with Crippen LogP contribution in [0.4, 0.5) is 0 Å². The SMILES string of the molecule is CC1(C)CCSCC1NCC1CCCC(O)C1. The molecule has 0 bridgehead atoms. The summed E-state index contributed by atoms with van der Waals surface area (Å²) in [5.74, 6) is 3.26. The van der Waals surface area contributed by atoms with Gasteiger partial charge in [0.05, 0.1) is 6.10 Å². The van der Waals surface area contributed by atoms with E-state index in [1.165, 1.54) is 30.8 Å². The van der Waals surface area contributed by atoms with Crippen LogP contribution in [0.25, 0.3) is 0 Å². The highest BCUT2D eigenvalue weighted by molar-refractivity contribution is 7.99. The van der Waals surface area contributed by atoms with Gasteiger partial charge in [-0.1, -0.05) is 20.3 Å². The number of aliphatic hydroxyl groups is 1. The summed E-state index contributed by atoms with van der Waals surface area (Å²) in [6.07, 6.45) is 5.81. The molecule has 2 rings (SSSR count). The molecule has 3 heteroatoms. The number of thioether (sulfide) groups is 1. The summed E-state index contributed by atoms with van der Waals surface area (Å²) in [6.45, 7) is 5.88. The van der Waals surface area contributed by atoms with E-state index in [-0.39, 0.29) is 6.10 Å². The number of hydrogen-bond donors (Lipinski definition) is 2. The van der Waals surface area contributed by atoms with Crippen molar-refractivity contribution in [3.05, 3.63) is 0 Å². The third kappa shape index (κ3) is 3.87. The average Bonchev–Trinajstić information content (AvgIpc) is 2.27. The predicted octanol–water partition coefficient (Wildman–Crippen LogP) is 2.66. The highest BCUT2D eigenvalue weighted by atomic mass is 32.2. The highest BCUT2D eigenvalue weighted by Crippen LogP contribution is 2.34. The van der Waals surface area contributed by atoms with Gasteiger partial charge in [0.25, 0.3) is 0 Å². The first-order chi connectivity index (χ1) is 8.08. The van der Waals surface area contributed by atoms with Crippen LogP contribution in [0.2, 0.25) is 0 Å². The van der Waals surface area contributed by atoms with Crippen LogP contribution in [0, 0.1) is 11.3 Å². The quantitative estimate of drug-likeness (QED) is 0.815. The molecule has 0 spiro atoms. The fourth-order valence-corrected chi connectivity index (χ4v) is 4.67. The lowest BCUT2D eigenvalue weighted by molar-refractivity contribution is 0.0971. The van der Waals surface area contributed by atoms with E-state index < -0.39 is 0 Å². The van der Waals surface area contributed by atoms with Crippen molar-refractivity contribution in [1.29, 1.82) is 0 Å². The molecule has 100 valence electrons. The molecule has 0 amide bonds. The zero-order valence-corrected chi connectivity index (χ0v) is 12.1. The Labute approximate surface area is 110 Å². The molecular weight excluding hydrogens is 230 g/mol. The zero-order chi connectivity index (χ0) is 12.3. The van der Waals surface area contributed by atoms with E-state index in [1.54, 1.807) is 0 Å². The Kier molecular flexibility index (Phi) is 4.79. The minimum absolute atomic E-state index is 0.0377. The van der Waals surface area contributed by atoms with E-state index in [1.807, 2.05) is 0 Å². The van der Waals surface area contributed by atoms with E-state index in [0.717, 1.165) is 19.4 Å². The molecule has 1 heterocycles. The van der Waals surface area contributed by atoms with Gasteiger partial charge in [-0.15, -0.1) is 0 Å². The van der Waals surface area contributed by atoms with Crippen molar-refractivity contribution in [3.63, 3.8) is 0 Å². The molecule has 1 saturated heterocycles. The number of nitrogens with one attached hydrogen (secondary N) is 1. The van der Waals surface area contributed by atoms with Crippen LogP contribution in [-0.4, -0.2) is 35.3 Å². The molecule has 1 aliphatic heterocycles. The molecule has 2 nitrogen and oxygen atoms in total. The molecule has 3 unspecified atom stereocenters. The summed E-state index contributed by atoms with van der Waals surface area (Å²) >= 11 is 2.08. The van der Waals surface area contributed by atoms with Crippen LogP contribution in [-0.2, 0) is 0 Å². The van der Waals surface area contributed by atoms with Crippen molar-refractivity contribution in [2.45, 2.75) is 58.1 Å². The Morgan fingerprint density at radius 1 is 1.35 bits per heavy atom. The normalized spacial score (nSPS) is 37.9. The van der Waals surface area contributed by atoms with E-state index in [4.69, 9.17) is 0 Å².